The third-order valence-corrected chi connectivity index (χ3v) is 2.44. The maximum atomic E-state index is 11.8. The number of aromatic hydroxyl groups is 1. The molecule has 1 rings (SSSR count). The Morgan fingerprint density at radius 3 is 2.63 bits per heavy atom. The van der Waals surface area contributed by atoms with Crippen LogP contribution in [-0.4, -0.2) is 40.2 Å². The van der Waals surface area contributed by atoms with Gasteiger partial charge in [0.15, 0.2) is 0 Å². The van der Waals surface area contributed by atoms with Gasteiger partial charge in [0.1, 0.15) is 5.75 Å². The van der Waals surface area contributed by atoms with Gasteiger partial charge in [0.25, 0.3) is 0 Å². The van der Waals surface area contributed by atoms with E-state index in [0.29, 0.717) is 6.54 Å². The number of carboxylic acid groups (broad SMARTS) is 1. The monoisotopic (exact) mass is 262 g/mol. The molecule has 100 valence electrons. The molecule has 0 aliphatic carbocycles. The Hall–Kier alpha value is -2.68. The molecule has 0 aliphatic rings. The predicted molar refractivity (Wildman–Crippen MR) is 70.2 cm³/mol. The highest BCUT2D eigenvalue weighted by Crippen LogP contribution is 2.24. The van der Waals surface area contributed by atoms with Crippen LogP contribution in [0.15, 0.2) is 18.2 Å². The van der Waals surface area contributed by atoms with E-state index in [2.05, 4.69) is 11.2 Å². The molecule has 19 heavy (non-hydrogen) atoms. The number of benzene rings is 1. The number of hydrogen-bond acceptors (Lipinski definition) is 3. The largest absolute Gasteiger partial charge is 0.506 e. The Morgan fingerprint density at radius 2 is 2.16 bits per heavy atom. The summed E-state index contributed by atoms with van der Waals surface area (Å²) in [6.45, 7) is 2.34. The van der Waals surface area contributed by atoms with Crippen molar-refractivity contribution in [3.63, 3.8) is 0 Å². The number of amides is 2. The van der Waals surface area contributed by atoms with Crippen molar-refractivity contribution in [1.29, 1.82) is 0 Å². The molecule has 0 radical (unpaired) electrons. The minimum Gasteiger partial charge on any atom is -0.506 e. The van der Waals surface area contributed by atoms with E-state index in [1.807, 2.05) is 0 Å². The van der Waals surface area contributed by atoms with Crippen molar-refractivity contribution in [2.24, 2.45) is 0 Å². The van der Waals surface area contributed by atoms with Gasteiger partial charge >= 0.3 is 12.0 Å². The van der Waals surface area contributed by atoms with Gasteiger partial charge in [0.05, 0.1) is 17.8 Å². The second-order valence-electron chi connectivity index (χ2n) is 3.69. The van der Waals surface area contributed by atoms with Gasteiger partial charge in [0.2, 0.25) is 0 Å². The van der Waals surface area contributed by atoms with E-state index >= 15 is 0 Å². The molecule has 0 aromatic heterocycles. The van der Waals surface area contributed by atoms with E-state index in [1.54, 1.807) is 6.92 Å². The van der Waals surface area contributed by atoms with Crippen molar-refractivity contribution in [3.8, 4) is 18.1 Å². The summed E-state index contributed by atoms with van der Waals surface area (Å²) in [5.41, 5.74) is 0.0666. The normalized spacial score (nSPS) is 9.47. The second-order valence-corrected chi connectivity index (χ2v) is 3.69. The number of terminal acetylenes is 1. The zero-order chi connectivity index (χ0) is 14.4. The van der Waals surface area contributed by atoms with Crippen LogP contribution in [0.25, 0.3) is 0 Å². The fourth-order valence-corrected chi connectivity index (χ4v) is 1.40. The van der Waals surface area contributed by atoms with Crippen LogP contribution in [0.4, 0.5) is 10.5 Å². The van der Waals surface area contributed by atoms with Gasteiger partial charge in [-0.2, -0.15) is 0 Å². The van der Waals surface area contributed by atoms with Crippen LogP contribution in [0.5, 0.6) is 5.75 Å². The zero-order valence-electron chi connectivity index (χ0n) is 10.4. The average molecular weight is 262 g/mol. The van der Waals surface area contributed by atoms with Crippen LogP contribution >= 0.6 is 0 Å². The molecule has 0 fully saturated rings. The van der Waals surface area contributed by atoms with E-state index in [9.17, 15) is 14.7 Å². The maximum absolute atomic E-state index is 11.8. The molecular weight excluding hydrogens is 248 g/mol. The number of carboxylic acids is 1. The Kier molecular flexibility index (Phi) is 4.77. The number of hydrogen-bond donors (Lipinski definition) is 3. The highest BCUT2D eigenvalue weighted by Gasteiger charge is 2.13. The third kappa shape index (κ3) is 3.64. The highest BCUT2D eigenvalue weighted by atomic mass is 16.4. The summed E-state index contributed by atoms with van der Waals surface area (Å²) in [5.74, 6) is 0.877. The van der Waals surface area contributed by atoms with Crippen molar-refractivity contribution >= 4 is 17.7 Å². The first-order valence-electron chi connectivity index (χ1n) is 5.55. The number of nitrogens with one attached hydrogen (secondary N) is 1. The molecule has 1 aromatic rings. The predicted octanol–water partition coefficient (Wildman–Crippen LogP) is 1.58. The van der Waals surface area contributed by atoms with Crippen molar-refractivity contribution in [1.82, 2.24) is 4.90 Å². The zero-order valence-corrected chi connectivity index (χ0v) is 10.4. The fourth-order valence-electron chi connectivity index (χ4n) is 1.40. The van der Waals surface area contributed by atoms with Gasteiger partial charge in [-0.05, 0) is 25.1 Å². The fraction of sp³-hybridized carbons (Fsp3) is 0.231. The lowest BCUT2D eigenvalue weighted by Gasteiger charge is -2.19. The van der Waals surface area contributed by atoms with Gasteiger partial charge in [-0.3, -0.25) is 0 Å². The molecule has 0 unspecified atom stereocenters. The van der Waals surface area contributed by atoms with Gasteiger partial charge in [0, 0.05) is 6.54 Å². The summed E-state index contributed by atoms with van der Waals surface area (Å²) in [7, 11) is 0. The molecule has 1 aromatic carbocycles. The quantitative estimate of drug-likeness (QED) is 0.567. The number of carbonyl (C=O) groups excluding carboxylic acids is 1. The average Bonchev–Trinajstić information content (AvgIpc) is 2.37. The van der Waals surface area contributed by atoms with Crippen LogP contribution < -0.4 is 5.32 Å². The highest BCUT2D eigenvalue weighted by molar-refractivity contribution is 5.93. The number of nitrogens with zero attached hydrogens (tertiary/aromatic N) is 1. The SMILES string of the molecule is C#CCN(CC)C(=O)Nc1ccc(C(=O)O)cc1O. The topological polar surface area (TPSA) is 89.9 Å². The summed E-state index contributed by atoms with van der Waals surface area (Å²) in [4.78, 5) is 23.9. The number of carbonyl (C=O) groups is 2. The first-order chi connectivity index (χ1) is 8.99. The Bertz CT molecular complexity index is 534. The molecule has 0 spiro atoms. The van der Waals surface area contributed by atoms with Crippen molar-refractivity contribution in [2.45, 2.75) is 6.92 Å². The lowest BCUT2D eigenvalue weighted by atomic mass is 10.2. The smallest absolute Gasteiger partial charge is 0.335 e. The van der Waals surface area contributed by atoms with Crippen LogP contribution in [0, 0.1) is 12.3 Å². The van der Waals surface area contributed by atoms with Gasteiger partial charge in [-0.25, -0.2) is 9.59 Å². The maximum Gasteiger partial charge on any atom is 0.335 e. The van der Waals surface area contributed by atoms with Gasteiger partial charge < -0.3 is 20.4 Å². The van der Waals surface area contributed by atoms with Gasteiger partial charge in [-0.15, -0.1) is 6.42 Å². The molecule has 6 heteroatoms. The lowest BCUT2D eigenvalue weighted by molar-refractivity contribution is 0.0696. The molecule has 2 amide bonds. The number of phenols is 1. The van der Waals surface area contributed by atoms with Crippen LogP contribution in [0.1, 0.15) is 17.3 Å². The molecule has 0 atom stereocenters. The molecule has 3 N–H and O–H groups in total. The summed E-state index contributed by atoms with van der Waals surface area (Å²) >= 11 is 0. The molecular formula is C13H14N2O4. The standard InChI is InChI=1S/C13H14N2O4/c1-3-7-15(4-2)13(19)14-10-6-5-9(12(17)18)8-11(10)16/h1,5-6,8,16H,4,7H2,2H3,(H,14,19)(H,17,18). The number of aromatic carboxylic acids is 1. The van der Waals surface area contributed by atoms with Crippen molar-refractivity contribution < 1.29 is 19.8 Å². The summed E-state index contributed by atoms with van der Waals surface area (Å²) in [5, 5.41) is 20.8. The third-order valence-electron chi connectivity index (χ3n) is 2.44. The number of rotatable bonds is 4. The van der Waals surface area contributed by atoms with E-state index < -0.39 is 12.0 Å². The van der Waals surface area contributed by atoms with Crippen LogP contribution in [0.3, 0.4) is 0 Å². The summed E-state index contributed by atoms with van der Waals surface area (Å²) < 4.78 is 0. The Balaban J connectivity index is 2.85. The molecule has 6 nitrogen and oxygen atoms in total. The minimum atomic E-state index is -1.16. The van der Waals surface area contributed by atoms with Crippen molar-refractivity contribution in [3.05, 3.63) is 23.8 Å². The summed E-state index contributed by atoms with van der Waals surface area (Å²) in [6.07, 6.45) is 5.13. The Labute approximate surface area is 110 Å². The van der Waals surface area contributed by atoms with E-state index in [4.69, 9.17) is 11.5 Å². The first kappa shape index (κ1) is 14.4. The molecule has 0 saturated carbocycles. The van der Waals surface area contributed by atoms with E-state index in [0.717, 1.165) is 6.07 Å². The number of phenolic OH excluding ortho intramolecular Hbond substituents is 1. The molecule has 0 heterocycles. The number of urea groups is 1. The first-order valence-corrected chi connectivity index (χ1v) is 5.55. The minimum absolute atomic E-state index is 0.0635. The van der Waals surface area contributed by atoms with Crippen LogP contribution in [-0.2, 0) is 0 Å². The van der Waals surface area contributed by atoms with Crippen molar-refractivity contribution in [2.75, 3.05) is 18.4 Å². The Morgan fingerprint density at radius 1 is 1.47 bits per heavy atom. The molecule has 0 aliphatic heterocycles. The summed E-state index contributed by atoms with van der Waals surface area (Å²) in [6, 6.07) is 3.21. The molecule has 0 bridgehead atoms. The van der Waals surface area contributed by atoms with E-state index in [1.165, 1.54) is 17.0 Å². The second kappa shape index (κ2) is 6.31. The van der Waals surface area contributed by atoms with E-state index in [-0.39, 0.29) is 23.5 Å². The molecule has 0 saturated heterocycles. The lowest BCUT2D eigenvalue weighted by Crippen LogP contribution is -2.35. The number of anilines is 1. The van der Waals surface area contributed by atoms with Gasteiger partial charge in [-0.1, -0.05) is 5.92 Å². The van der Waals surface area contributed by atoms with Crippen LogP contribution in [0.2, 0.25) is 0 Å².